The molecule has 1 aliphatic rings. The lowest BCUT2D eigenvalue weighted by molar-refractivity contribution is 0.952. The lowest BCUT2D eigenvalue weighted by Gasteiger charge is -1.99. The van der Waals surface area contributed by atoms with Crippen LogP contribution in [0.3, 0.4) is 0 Å². The van der Waals surface area contributed by atoms with E-state index in [4.69, 9.17) is 0 Å². The highest BCUT2D eigenvalue weighted by molar-refractivity contribution is 7.17. The maximum Gasteiger partial charge on any atom is 0.258 e. The molecular formula is C15H13N3OS. The van der Waals surface area contributed by atoms with Gasteiger partial charge in [-0.15, -0.1) is 11.3 Å². The van der Waals surface area contributed by atoms with Gasteiger partial charge in [-0.3, -0.25) is 14.2 Å². The zero-order valence-electron chi connectivity index (χ0n) is 11.0. The quantitative estimate of drug-likeness (QED) is 0.726. The van der Waals surface area contributed by atoms with Crippen molar-refractivity contribution in [3.63, 3.8) is 0 Å². The lowest BCUT2D eigenvalue weighted by Crippen LogP contribution is -2.09. The third-order valence-electron chi connectivity index (χ3n) is 3.76. The number of thiazole rings is 1. The van der Waals surface area contributed by atoms with E-state index < -0.39 is 0 Å². The second-order valence-electron chi connectivity index (χ2n) is 5.22. The van der Waals surface area contributed by atoms with Crippen LogP contribution in [0.15, 0.2) is 41.5 Å². The summed E-state index contributed by atoms with van der Waals surface area (Å²) in [6.45, 7) is 2.02. The predicted molar refractivity (Wildman–Crippen MR) is 78.4 cm³/mol. The van der Waals surface area contributed by atoms with Gasteiger partial charge in [0, 0.05) is 46.6 Å². The summed E-state index contributed by atoms with van der Waals surface area (Å²) in [6, 6.07) is 7.67. The van der Waals surface area contributed by atoms with Gasteiger partial charge in [-0.2, -0.15) is 0 Å². The fourth-order valence-electron chi connectivity index (χ4n) is 2.63. The normalized spacial score (nSPS) is 21.2. The number of fused-ring (bicyclic) bond motifs is 1. The molecule has 1 aliphatic carbocycles. The molecule has 3 heterocycles. The maximum absolute atomic E-state index is 11.7. The molecule has 2 atom stereocenters. The molecule has 1 saturated carbocycles. The van der Waals surface area contributed by atoms with Crippen LogP contribution in [0.1, 0.15) is 34.5 Å². The van der Waals surface area contributed by atoms with Crippen molar-refractivity contribution in [2.45, 2.75) is 25.2 Å². The molecule has 20 heavy (non-hydrogen) atoms. The summed E-state index contributed by atoms with van der Waals surface area (Å²) in [5.41, 5.74) is 2.21. The minimum Gasteiger partial charge on any atom is -0.269 e. The molecule has 0 bridgehead atoms. The largest absolute Gasteiger partial charge is 0.269 e. The first-order valence-electron chi connectivity index (χ1n) is 6.63. The number of aryl methyl sites for hydroxylation is 1. The van der Waals surface area contributed by atoms with Crippen LogP contribution in [0, 0.1) is 6.92 Å². The summed E-state index contributed by atoms with van der Waals surface area (Å²) in [4.78, 5) is 22.6. The number of pyridine rings is 1. The number of hydrogen-bond donors (Lipinski definition) is 0. The van der Waals surface area contributed by atoms with Gasteiger partial charge in [-0.05, 0) is 25.5 Å². The van der Waals surface area contributed by atoms with Crippen LogP contribution in [-0.4, -0.2) is 14.4 Å². The average molecular weight is 283 g/mol. The standard InChI is InChI=1S/C15H13N3OS/c1-9-3-2-4-12(17-9)10-7-11(10)13-8-18-14(19)5-6-16-15(18)20-13/h2-6,8,10-11H,7H2,1H3. The summed E-state index contributed by atoms with van der Waals surface area (Å²) in [5.74, 6) is 0.967. The third-order valence-corrected chi connectivity index (χ3v) is 4.89. The molecule has 2 unspecified atom stereocenters. The van der Waals surface area contributed by atoms with Gasteiger partial charge < -0.3 is 0 Å². The van der Waals surface area contributed by atoms with Crippen molar-refractivity contribution in [1.82, 2.24) is 14.4 Å². The SMILES string of the molecule is Cc1cccc(C2CC2c2cn3c(=O)ccnc3s2)n1. The molecule has 3 aromatic heterocycles. The van der Waals surface area contributed by atoms with Crippen LogP contribution in [0.2, 0.25) is 0 Å². The molecule has 0 aliphatic heterocycles. The Morgan fingerprint density at radius 3 is 3.00 bits per heavy atom. The Kier molecular flexibility index (Phi) is 2.50. The predicted octanol–water partition coefficient (Wildman–Crippen LogP) is 2.73. The molecule has 0 spiro atoms. The van der Waals surface area contributed by atoms with Gasteiger partial charge >= 0.3 is 0 Å². The summed E-state index contributed by atoms with van der Waals surface area (Å²) >= 11 is 1.61. The maximum atomic E-state index is 11.7. The second kappa shape index (κ2) is 4.24. The summed E-state index contributed by atoms with van der Waals surface area (Å²) in [7, 11) is 0. The fraction of sp³-hybridized carbons (Fsp3) is 0.267. The molecule has 0 N–H and O–H groups in total. The Morgan fingerprint density at radius 1 is 1.30 bits per heavy atom. The summed E-state index contributed by atoms with van der Waals surface area (Å²) in [6.07, 6.45) is 4.62. The Hall–Kier alpha value is -2.01. The molecule has 0 aromatic carbocycles. The Bertz CT molecular complexity index is 851. The second-order valence-corrected chi connectivity index (χ2v) is 6.26. The van der Waals surface area contributed by atoms with Crippen molar-refractivity contribution < 1.29 is 0 Å². The van der Waals surface area contributed by atoms with Gasteiger partial charge in [-0.1, -0.05) is 6.07 Å². The van der Waals surface area contributed by atoms with E-state index >= 15 is 0 Å². The van der Waals surface area contributed by atoms with Crippen LogP contribution in [0.5, 0.6) is 0 Å². The number of nitrogens with zero attached hydrogens (tertiary/aromatic N) is 3. The molecule has 100 valence electrons. The van der Waals surface area contributed by atoms with E-state index in [0.29, 0.717) is 11.8 Å². The molecule has 0 amide bonds. The highest BCUT2D eigenvalue weighted by atomic mass is 32.1. The Labute approximate surface area is 119 Å². The van der Waals surface area contributed by atoms with E-state index in [-0.39, 0.29) is 5.56 Å². The highest BCUT2D eigenvalue weighted by Gasteiger charge is 2.41. The molecule has 0 radical (unpaired) electrons. The van der Waals surface area contributed by atoms with Gasteiger partial charge in [-0.25, -0.2) is 4.98 Å². The molecule has 1 fully saturated rings. The molecule has 0 saturated heterocycles. The number of aromatic nitrogens is 3. The van der Waals surface area contributed by atoms with Gasteiger partial charge in [0.15, 0.2) is 4.96 Å². The zero-order valence-corrected chi connectivity index (χ0v) is 11.8. The van der Waals surface area contributed by atoms with Crippen molar-refractivity contribution in [3.05, 3.63) is 63.3 Å². The Balaban J connectivity index is 1.69. The van der Waals surface area contributed by atoms with E-state index in [9.17, 15) is 4.79 Å². The van der Waals surface area contributed by atoms with E-state index in [2.05, 4.69) is 22.1 Å². The smallest absolute Gasteiger partial charge is 0.258 e. The van der Waals surface area contributed by atoms with Crippen molar-refractivity contribution in [2.75, 3.05) is 0 Å². The third kappa shape index (κ3) is 1.86. The number of rotatable bonds is 2. The van der Waals surface area contributed by atoms with Gasteiger partial charge in [0.25, 0.3) is 5.56 Å². The van der Waals surface area contributed by atoms with Crippen LogP contribution in [0.4, 0.5) is 0 Å². The Morgan fingerprint density at radius 2 is 2.20 bits per heavy atom. The van der Waals surface area contributed by atoms with E-state index in [0.717, 1.165) is 22.8 Å². The zero-order chi connectivity index (χ0) is 13.7. The lowest BCUT2D eigenvalue weighted by atomic mass is 10.2. The van der Waals surface area contributed by atoms with Crippen molar-refractivity contribution >= 4 is 16.3 Å². The van der Waals surface area contributed by atoms with Crippen molar-refractivity contribution in [1.29, 1.82) is 0 Å². The highest BCUT2D eigenvalue weighted by Crippen LogP contribution is 2.55. The summed E-state index contributed by atoms with van der Waals surface area (Å²) in [5, 5.41) is 0. The molecule has 3 aromatic rings. The first-order valence-corrected chi connectivity index (χ1v) is 7.45. The first-order chi connectivity index (χ1) is 9.72. The van der Waals surface area contributed by atoms with Crippen LogP contribution in [0.25, 0.3) is 4.96 Å². The topological polar surface area (TPSA) is 47.3 Å². The van der Waals surface area contributed by atoms with E-state index in [1.54, 1.807) is 21.9 Å². The van der Waals surface area contributed by atoms with Crippen LogP contribution >= 0.6 is 11.3 Å². The minimum atomic E-state index is -0.0108. The van der Waals surface area contributed by atoms with Crippen molar-refractivity contribution in [2.24, 2.45) is 0 Å². The average Bonchev–Trinajstić information content (AvgIpc) is 3.12. The molecular weight excluding hydrogens is 270 g/mol. The monoisotopic (exact) mass is 283 g/mol. The van der Waals surface area contributed by atoms with Gasteiger partial charge in [0.2, 0.25) is 0 Å². The fourth-order valence-corrected chi connectivity index (χ4v) is 3.77. The molecule has 5 heteroatoms. The van der Waals surface area contributed by atoms with E-state index in [1.165, 1.54) is 10.9 Å². The van der Waals surface area contributed by atoms with Crippen LogP contribution < -0.4 is 5.56 Å². The first kappa shape index (κ1) is 11.8. The van der Waals surface area contributed by atoms with Crippen molar-refractivity contribution in [3.8, 4) is 0 Å². The summed E-state index contributed by atoms with van der Waals surface area (Å²) < 4.78 is 1.64. The van der Waals surface area contributed by atoms with Gasteiger partial charge in [0.1, 0.15) is 0 Å². The molecule has 4 nitrogen and oxygen atoms in total. The minimum absolute atomic E-state index is 0.0108. The van der Waals surface area contributed by atoms with Crippen LogP contribution in [-0.2, 0) is 0 Å². The molecule has 4 rings (SSSR count). The van der Waals surface area contributed by atoms with Gasteiger partial charge in [0.05, 0.1) is 0 Å². The van der Waals surface area contributed by atoms with E-state index in [1.807, 2.05) is 19.2 Å². The number of hydrogen-bond acceptors (Lipinski definition) is 4.